The van der Waals surface area contributed by atoms with E-state index < -0.39 is 0 Å². The number of morpholine rings is 1. The van der Waals surface area contributed by atoms with Gasteiger partial charge in [-0.15, -0.1) is 0 Å². The highest BCUT2D eigenvalue weighted by atomic mass is 35.5. The first-order chi connectivity index (χ1) is 17.5. The van der Waals surface area contributed by atoms with Gasteiger partial charge in [-0.25, -0.2) is 4.98 Å². The summed E-state index contributed by atoms with van der Waals surface area (Å²) in [6.07, 6.45) is 0. The molecule has 184 valence electrons. The van der Waals surface area contributed by atoms with Crippen LogP contribution in [0.15, 0.2) is 66.7 Å². The molecule has 0 radical (unpaired) electrons. The summed E-state index contributed by atoms with van der Waals surface area (Å²) in [4.78, 5) is 35.4. The number of carbonyl (C=O) groups excluding carboxylic acids is 2. The summed E-state index contributed by atoms with van der Waals surface area (Å²) in [6, 6.07) is 19.8. The van der Waals surface area contributed by atoms with Gasteiger partial charge in [-0.3, -0.25) is 19.4 Å². The number of thiazole rings is 1. The Morgan fingerprint density at radius 1 is 1.00 bits per heavy atom. The number of ether oxygens (including phenoxy) is 1. The minimum Gasteiger partial charge on any atom is -0.379 e. The molecule has 1 aliphatic rings. The van der Waals surface area contributed by atoms with E-state index >= 15 is 0 Å². The number of amides is 1. The Morgan fingerprint density at radius 3 is 2.39 bits per heavy atom. The van der Waals surface area contributed by atoms with Crippen molar-refractivity contribution in [3.63, 3.8) is 0 Å². The molecular weight excluding hydrogens is 494 g/mol. The summed E-state index contributed by atoms with van der Waals surface area (Å²) in [5.74, 6) is -0.220. The molecule has 36 heavy (non-hydrogen) atoms. The topological polar surface area (TPSA) is 62.7 Å². The highest BCUT2D eigenvalue weighted by molar-refractivity contribution is 7.22. The zero-order valence-corrected chi connectivity index (χ0v) is 21.5. The van der Waals surface area contributed by atoms with Crippen molar-refractivity contribution in [1.29, 1.82) is 0 Å². The minimum atomic E-state index is -0.148. The van der Waals surface area contributed by atoms with E-state index in [2.05, 4.69) is 4.90 Å². The molecule has 1 aliphatic heterocycles. The van der Waals surface area contributed by atoms with Crippen molar-refractivity contribution >= 4 is 50.0 Å². The highest BCUT2D eigenvalue weighted by Crippen LogP contribution is 2.33. The molecule has 1 aromatic heterocycles. The maximum Gasteiger partial charge on any atom is 0.260 e. The van der Waals surface area contributed by atoms with Gasteiger partial charge >= 0.3 is 0 Å². The number of halogens is 1. The predicted molar refractivity (Wildman–Crippen MR) is 145 cm³/mol. The first-order valence-electron chi connectivity index (χ1n) is 11.9. The Bertz CT molecular complexity index is 1380. The molecule has 0 aliphatic carbocycles. The number of aryl methyl sites for hydroxylation is 1. The van der Waals surface area contributed by atoms with Crippen molar-refractivity contribution in [2.24, 2.45) is 0 Å². The van der Waals surface area contributed by atoms with E-state index in [4.69, 9.17) is 21.3 Å². The molecule has 6 nitrogen and oxygen atoms in total. The number of aromatic nitrogens is 1. The van der Waals surface area contributed by atoms with Crippen LogP contribution in [0, 0.1) is 6.92 Å². The number of hydrogen-bond acceptors (Lipinski definition) is 6. The van der Waals surface area contributed by atoms with E-state index in [-0.39, 0.29) is 11.7 Å². The number of ketones is 1. The molecule has 0 atom stereocenters. The van der Waals surface area contributed by atoms with E-state index in [1.54, 1.807) is 41.3 Å². The van der Waals surface area contributed by atoms with Crippen molar-refractivity contribution in [2.45, 2.75) is 6.92 Å². The standard InChI is InChI=1S/C28H26ClN3O3S/c1-19-17-23(29)18-24-25(19)30-28(36-24)32(12-11-31-13-15-35-16-14-31)27(34)22-9-7-21(8-10-22)26(33)20-5-3-2-4-6-20/h2-10,17-18H,11-16H2,1H3. The van der Waals surface area contributed by atoms with Crippen molar-refractivity contribution in [1.82, 2.24) is 9.88 Å². The largest absolute Gasteiger partial charge is 0.379 e. The molecule has 1 saturated heterocycles. The molecule has 2 heterocycles. The van der Waals surface area contributed by atoms with Crippen LogP contribution in [-0.2, 0) is 4.74 Å². The molecule has 0 unspecified atom stereocenters. The van der Waals surface area contributed by atoms with Crippen LogP contribution in [0.2, 0.25) is 5.02 Å². The Kier molecular flexibility index (Phi) is 7.43. The fraction of sp³-hybridized carbons (Fsp3) is 0.250. The third-order valence-electron chi connectivity index (χ3n) is 6.29. The molecule has 5 rings (SSSR count). The van der Waals surface area contributed by atoms with Crippen LogP contribution in [0.3, 0.4) is 0 Å². The summed E-state index contributed by atoms with van der Waals surface area (Å²) in [5.41, 5.74) is 3.50. The van der Waals surface area contributed by atoms with Gasteiger partial charge in [0.1, 0.15) is 0 Å². The van der Waals surface area contributed by atoms with E-state index in [9.17, 15) is 9.59 Å². The van der Waals surface area contributed by atoms with Gasteiger partial charge in [0.2, 0.25) is 0 Å². The van der Waals surface area contributed by atoms with Gasteiger partial charge in [0.05, 0.1) is 23.4 Å². The smallest absolute Gasteiger partial charge is 0.260 e. The molecule has 0 N–H and O–H groups in total. The van der Waals surface area contributed by atoms with Crippen molar-refractivity contribution < 1.29 is 14.3 Å². The van der Waals surface area contributed by atoms with Crippen LogP contribution < -0.4 is 4.90 Å². The Labute approximate surface area is 219 Å². The molecule has 0 saturated carbocycles. The molecular formula is C28H26ClN3O3S. The lowest BCUT2D eigenvalue weighted by Crippen LogP contribution is -2.43. The zero-order valence-electron chi connectivity index (χ0n) is 19.9. The maximum atomic E-state index is 13.7. The van der Waals surface area contributed by atoms with Crippen molar-refractivity contribution in [2.75, 3.05) is 44.3 Å². The van der Waals surface area contributed by atoms with Crippen LogP contribution in [0.5, 0.6) is 0 Å². The number of anilines is 1. The van der Waals surface area contributed by atoms with E-state index in [0.29, 0.717) is 46.6 Å². The number of hydrogen-bond donors (Lipinski definition) is 0. The maximum absolute atomic E-state index is 13.7. The summed E-state index contributed by atoms with van der Waals surface area (Å²) < 4.78 is 6.41. The number of rotatable bonds is 7. The van der Waals surface area contributed by atoms with Gasteiger partial charge < -0.3 is 4.74 Å². The predicted octanol–water partition coefficient (Wildman–Crippen LogP) is 5.47. The molecule has 8 heteroatoms. The number of benzene rings is 3. The molecule has 0 spiro atoms. The Hall–Kier alpha value is -3.10. The van der Waals surface area contributed by atoms with Gasteiger partial charge in [-0.1, -0.05) is 65.4 Å². The first-order valence-corrected chi connectivity index (χ1v) is 13.1. The van der Waals surface area contributed by atoms with Crippen LogP contribution in [-0.4, -0.2) is 61.0 Å². The van der Waals surface area contributed by atoms with E-state index in [0.717, 1.165) is 35.4 Å². The summed E-state index contributed by atoms with van der Waals surface area (Å²) in [5, 5.41) is 1.29. The summed E-state index contributed by atoms with van der Waals surface area (Å²) in [7, 11) is 0. The van der Waals surface area contributed by atoms with E-state index in [1.807, 2.05) is 37.3 Å². The van der Waals surface area contributed by atoms with Crippen LogP contribution in [0.1, 0.15) is 31.8 Å². The Balaban J connectivity index is 1.43. The molecule has 4 aromatic rings. The Morgan fingerprint density at radius 2 is 1.67 bits per heavy atom. The van der Waals surface area contributed by atoms with Gasteiger partial charge in [-0.05, 0) is 36.8 Å². The third kappa shape index (κ3) is 5.34. The van der Waals surface area contributed by atoms with Gasteiger partial charge in [0.25, 0.3) is 5.91 Å². The average molecular weight is 520 g/mol. The SMILES string of the molecule is Cc1cc(Cl)cc2sc(N(CCN3CCOCC3)C(=O)c3ccc(C(=O)c4ccccc4)cc3)nc12. The van der Waals surface area contributed by atoms with Crippen LogP contribution >= 0.6 is 22.9 Å². The molecule has 1 fully saturated rings. The zero-order chi connectivity index (χ0) is 25.1. The fourth-order valence-electron chi connectivity index (χ4n) is 4.28. The van der Waals surface area contributed by atoms with E-state index in [1.165, 1.54) is 11.3 Å². The second kappa shape index (κ2) is 10.9. The lowest BCUT2D eigenvalue weighted by Gasteiger charge is -2.29. The highest BCUT2D eigenvalue weighted by Gasteiger charge is 2.24. The monoisotopic (exact) mass is 519 g/mol. The normalized spacial score (nSPS) is 14.2. The van der Waals surface area contributed by atoms with Crippen LogP contribution in [0.25, 0.3) is 10.2 Å². The van der Waals surface area contributed by atoms with Crippen LogP contribution in [0.4, 0.5) is 5.13 Å². The number of fused-ring (bicyclic) bond motifs is 1. The lowest BCUT2D eigenvalue weighted by molar-refractivity contribution is 0.0391. The summed E-state index contributed by atoms with van der Waals surface area (Å²) >= 11 is 7.73. The summed E-state index contributed by atoms with van der Waals surface area (Å²) in [6.45, 7) is 6.26. The quantitative estimate of drug-likeness (QED) is 0.303. The number of carbonyl (C=O) groups is 2. The second-order valence-corrected chi connectivity index (χ2v) is 10.2. The van der Waals surface area contributed by atoms with Gasteiger partial charge in [0, 0.05) is 47.9 Å². The third-order valence-corrected chi connectivity index (χ3v) is 7.53. The first kappa shape index (κ1) is 24.6. The van der Waals surface area contributed by atoms with Crippen molar-refractivity contribution in [3.05, 3.63) is 94.0 Å². The van der Waals surface area contributed by atoms with Gasteiger partial charge in [-0.2, -0.15) is 0 Å². The lowest BCUT2D eigenvalue weighted by atomic mass is 10.0. The average Bonchev–Trinajstić information content (AvgIpc) is 3.33. The molecule has 1 amide bonds. The molecule has 0 bridgehead atoms. The molecule has 3 aromatic carbocycles. The second-order valence-electron chi connectivity index (χ2n) is 8.75. The van der Waals surface area contributed by atoms with Gasteiger partial charge in [0.15, 0.2) is 10.9 Å². The minimum absolute atomic E-state index is 0.0719. The van der Waals surface area contributed by atoms with Crippen molar-refractivity contribution in [3.8, 4) is 0 Å². The fourth-order valence-corrected chi connectivity index (χ4v) is 5.73. The number of nitrogens with zero attached hydrogens (tertiary/aromatic N) is 3.